The standard InChI is InChI=1S/C12H12ClN7/c1-7-3-15-9(4-14-7)5-16-11-8(2)10(13)19-12-17-6-18-20(11)12/h3-4,6,16H,5H2,1-2H3. The van der Waals surface area contributed by atoms with Crippen LogP contribution in [-0.2, 0) is 6.54 Å². The van der Waals surface area contributed by atoms with Gasteiger partial charge in [0.25, 0.3) is 5.78 Å². The van der Waals surface area contributed by atoms with Crippen molar-refractivity contribution in [3.8, 4) is 0 Å². The number of aryl methyl sites for hydroxylation is 1. The minimum Gasteiger partial charge on any atom is -0.364 e. The van der Waals surface area contributed by atoms with Gasteiger partial charge < -0.3 is 5.32 Å². The molecular weight excluding hydrogens is 278 g/mol. The molecule has 0 aromatic carbocycles. The molecule has 3 rings (SSSR count). The maximum Gasteiger partial charge on any atom is 0.255 e. The highest BCUT2D eigenvalue weighted by atomic mass is 35.5. The molecule has 0 bridgehead atoms. The smallest absolute Gasteiger partial charge is 0.255 e. The van der Waals surface area contributed by atoms with Crippen LogP contribution in [0.5, 0.6) is 0 Å². The highest BCUT2D eigenvalue weighted by molar-refractivity contribution is 6.30. The van der Waals surface area contributed by atoms with Crippen LogP contribution in [0, 0.1) is 13.8 Å². The predicted octanol–water partition coefficient (Wildman–Crippen LogP) is 1.80. The van der Waals surface area contributed by atoms with E-state index in [9.17, 15) is 0 Å². The van der Waals surface area contributed by atoms with Crippen LogP contribution in [0.3, 0.4) is 0 Å². The van der Waals surface area contributed by atoms with Gasteiger partial charge in [0.15, 0.2) is 0 Å². The first kappa shape index (κ1) is 12.7. The van der Waals surface area contributed by atoms with Crippen LogP contribution in [0.15, 0.2) is 18.7 Å². The van der Waals surface area contributed by atoms with E-state index in [-0.39, 0.29) is 0 Å². The zero-order valence-corrected chi connectivity index (χ0v) is 11.8. The monoisotopic (exact) mass is 289 g/mol. The van der Waals surface area contributed by atoms with E-state index < -0.39 is 0 Å². The summed E-state index contributed by atoms with van der Waals surface area (Å²) in [6.07, 6.45) is 4.91. The number of halogens is 1. The Morgan fingerprint density at radius 1 is 1.20 bits per heavy atom. The summed E-state index contributed by atoms with van der Waals surface area (Å²) in [5.41, 5.74) is 2.52. The molecule has 8 heteroatoms. The van der Waals surface area contributed by atoms with Gasteiger partial charge in [-0.1, -0.05) is 11.6 Å². The van der Waals surface area contributed by atoms with Gasteiger partial charge in [0.2, 0.25) is 0 Å². The topological polar surface area (TPSA) is 80.9 Å². The molecule has 7 nitrogen and oxygen atoms in total. The molecule has 20 heavy (non-hydrogen) atoms. The molecule has 0 saturated carbocycles. The van der Waals surface area contributed by atoms with Crippen molar-refractivity contribution in [1.29, 1.82) is 0 Å². The van der Waals surface area contributed by atoms with Crippen molar-refractivity contribution >= 4 is 23.2 Å². The highest BCUT2D eigenvalue weighted by Gasteiger charge is 2.12. The number of hydrogen-bond acceptors (Lipinski definition) is 6. The molecule has 0 fully saturated rings. The molecule has 0 aliphatic heterocycles. The molecule has 0 atom stereocenters. The zero-order chi connectivity index (χ0) is 14.1. The zero-order valence-electron chi connectivity index (χ0n) is 11.0. The number of nitrogens with one attached hydrogen (secondary N) is 1. The van der Waals surface area contributed by atoms with Crippen molar-refractivity contribution in [2.75, 3.05) is 5.32 Å². The molecule has 0 radical (unpaired) electrons. The second-order valence-corrected chi connectivity index (χ2v) is 4.71. The Morgan fingerprint density at radius 3 is 2.80 bits per heavy atom. The molecule has 102 valence electrons. The van der Waals surface area contributed by atoms with E-state index in [4.69, 9.17) is 11.6 Å². The fraction of sp³-hybridized carbons (Fsp3) is 0.250. The van der Waals surface area contributed by atoms with Gasteiger partial charge in [-0.15, -0.1) is 0 Å². The molecule has 0 amide bonds. The Morgan fingerprint density at radius 2 is 2.05 bits per heavy atom. The number of rotatable bonds is 3. The lowest BCUT2D eigenvalue weighted by molar-refractivity contribution is 0.900. The molecule has 3 heterocycles. The highest BCUT2D eigenvalue weighted by Crippen LogP contribution is 2.22. The van der Waals surface area contributed by atoms with E-state index in [1.54, 1.807) is 16.9 Å². The van der Waals surface area contributed by atoms with Crippen molar-refractivity contribution in [2.24, 2.45) is 0 Å². The second-order valence-electron chi connectivity index (χ2n) is 4.35. The van der Waals surface area contributed by atoms with Crippen LogP contribution in [0.1, 0.15) is 17.0 Å². The molecule has 0 aliphatic rings. The van der Waals surface area contributed by atoms with Crippen LogP contribution >= 0.6 is 11.6 Å². The lowest BCUT2D eigenvalue weighted by atomic mass is 10.3. The van der Waals surface area contributed by atoms with E-state index in [1.165, 1.54) is 6.33 Å². The van der Waals surface area contributed by atoms with Crippen molar-refractivity contribution in [2.45, 2.75) is 20.4 Å². The largest absolute Gasteiger partial charge is 0.364 e. The average Bonchev–Trinajstić information content (AvgIpc) is 2.89. The summed E-state index contributed by atoms with van der Waals surface area (Å²) in [4.78, 5) is 16.7. The summed E-state index contributed by atoms with van der Waals surface area (Å²) in [6.45, 7) is 4.29. The first-order valence-electron chi connectivity index (χ1n) is 6.02. The van der Waals surface area contributed by atoms with Gasteiger partial charge in [0, 0.05) is 11.8 Å². The summed E-state index contributed by atoms with van der Waals surface area (Å²) in [7, 11) is 0. The van der Waals surface area contributed by atoms with E-state index in [0.717, 1.165) is 22.8 Å². The second kappa shape index (κ2) is 5.01. The Labute approximate surface area is 120 Å². The normalized spacial score (nSPS) is 10.9. The van der Waals surface area contributed by atoms with E-state index in [0.29, 0.717) is 17.5 Å². The first-order valence-corrected chi connectivity index (χ1v) is 6.40. The predicted molar refractivity (Wildman–Crippen MR) is 74.6 cm³/mol. The first-order chi connectivity index (χ1) is 9.65. The Bertz CT molecular complexity index is 750. The van der Waals surface area contributed by atoms with Crippen LogP contribution in [0.2, 0.25) is 5.15 Å². The molecule has 0 unspecified atom stereocenters. The molecular formula is C12H12ClN7. The maximum atomic E-state index is 6.09. The SMILES string of the molecule is Cc1cnc(CNc2c(C)c(Cl)nc3ncnn23)cn1. The van der Waals surface area contributed by atoms with Crippen LogP contribution in [0.4, 0.5) is 5.82 Å². The molecule has 0 spiro atoms. The summed E-state index contributed by atoms with van der Waals surface area (Å²) >= 11 is 6.09. The molecule has 0 saturated heterocycles. The molecule has 0 aliphatic carbocycles. The Hall–Kier alpha value is -2.28. The number of anilines is 1. The Balaban J connectivity index is 1.92. The van der Waals surface area contributed by atoms with Gasteiger partial charge >= 0.3 is 0 Å². The Kier molecular flexibility index (Phi) is 3.19. The van der Waals surface area contributed by atoms with Crippen molar-refractivity contribution in [1.82, 2.24) is 29.5 Å². The van der Waals surface area contributed by atoms with E-state index in [2.05, 4.69) is 30.4 Å². The van der Waals surface area contributed by atoms with Crippen molar-refractivity contribution < 1.29 is 0 Å². The van der Waals surface area contributed by atoms with Crippen molar-refractivity contribution in [3.63, 3.8) is 0 Å². The fourth-order valence-corrected chi connectivity index (χ4v) is 1.96. The summed E-state index contributed by atoms with van der Waals surface area (Å²) in [5, 5.41) is 7.79. The van der Waals surface area contributed by atoms with Gasteiger partial charge in [0.05, 0.1) is 24.1 Å². The summed E-state index contributed by atoms with van der Waals surface area (Å²) in [5.74, 6) is 1.21. The molecule has 3 aromatic heterocycles. The van der Waals surface area contributed by atoms with Gasteiger partial charge in [-0.05, 0) is 13.8 Å². The van der Waals surface area contributed by atoms with Gasteiger partial charge in [-0.3, -0.25) is 9.97 Å². The summed E-state index contributed by atoms with van der Waals surface area (Å²) in [6, 6.07) is 0. The average molecular weight is 290 g/mol. The number of fused-ring (bicyclic) bond motifs is 1. The van der Waals surface area contributed by atoms with Crippen LogP contribution in [0.25, 0.3) is 5.78 Å². The fourth-order valence-electron chi connectivity index (χ4n) is 1.79. The van der Waals surface area contributed by atoms with Gasteiger partial charge in [-0.2, -0.15) is 19.6 Å². The van der Waals surface area contributed by atoms with Crippen LogP contribution < -0.4 is 5.32 Å². The third kappa shape index (κ3) is 2.27. The minimum atomic E-state index is 0.406. The number of hydrogen-bond donors (Lipinski definition) is 1. The van der Waals surface area contributed by atoms with Gasteiger partial charge in [0.1, 0.15) is 17.3 Å². The summed E-state index contributed by atoms with van der Waals surface area (Å²) < 4.78 is 1.61. The van der Waals surface area contributed by atoms with E-state index in [1.807, 2.05) is 13.8 Å². The maximum absolute atomic E-state index is 6.09. The van der Waals surface area contributed by atoms with Crippen molar-refractivity contribution in [3.05, 3.63) is 40.8 Å². The van der Waals surface area contributed by atoms with Crippen LogP contribution in [-0.4, -0.2) is 29.5 Å². The minimum absolute atomic E-state index is 0.406. The third-order valence-corrected chi connectivity index (χ3v) is 3.24. The lowest BCUT2D eigenvalue weighted by Gasteiger charge is -2.11. The number of nitrogens with zero attached hydrogens (tertiary/aromatic N) is 6. The van der Waals surface area contributed by atoms with Gasteiger partial charge in [-0.25, -0.2) is 0 Å². The third-order valence-electron chi connectivity index (χ3n) is 2.88. The van der Waals surface area contributed by atoms with E-state index >= 15 is 0 Å². The number of aromatic nitrogens is 6. The quantitative estimate of drug-likeness (QED) is 0.741. The lowest BCUT2D eigenvalue weighted by Crippen LogP contribution is -2.10. The molecule has 3 aromatic rings. The molecule has 1 N–H and O–H groups in total.